The second-order valence-corrected chi connectivity index (χ2v) is 6.75. The van der Waals surface area contributed by atoms with Gasteiger partial charge in [-0.3, -0.25) is 0 Å². The second kappa shape index (κ2) is 5.04. The van der Waals surface area contributed by atoms with Gasteiger partial charge in [-0.05, 0) is 48.9 Å². The molecule has 108 valence electrons. The Morgan fingerprint density at radius 1 is 1.45 bits per heavy atom. The minimum atomic E-state index is -0.805. The first-order valence-corrected chi connectivity index (χ1v) is 7.83. The molecule has 0 aromatic heterocycles. The lowest BCUT2D eigenvalue weighted by Gasteiger charge is -2.39. The Hall–Kier alpha value is -1.07. The number of carboxylic acid groups (broad SMARTS) is 1. The summed E-state index contributed by atoms with van der Waals surface area (Å²) in [4.78, 5) is 12.6. The molecule has 3 N–H and O–H groups in total. The zero-order chi connectivity index (χ0) is 14.3. The van der Waals surface area contributed by atoms with Gasteiger partial charge in [0.05, 0.1) is 0 Å². The van der Waals surface area contributed by atoms with Crippen molar-refractivity contribution in [2.75, 3.05) is 19.6 Å². The van der Waals surface area contributed by atoms with Gasteiger partial charge in [-0.25, -0.2) is 4.79 Å². The molecule has 4 nitrogen and oxygen atoms in total. The number of hydrogen-bond donors (Lipinski definition) is 2. The van der Waals surface area contributed by atoms with E-state index in [1.165, 1.54) is 16.0 Å². The van der Waals surface area contributed by atoms with E-state index in [0.717, 1.165) is 23.7 Å². The van der Waals surface area contributed by atoms with E-state index in [1.807, 2.05) is 0 Å². The average Bonchev–Trinajstić information content (AvgIpc) is 2.75. The minimum Gasteiger partial charge on any atom is -0.465 e. The van der Waals surface area contributed by atoms with Crippen LogP contribution in [-0.4, -0.2) is 35.7 Å². The summed E-state index contributed by atoms with van der Waals surface area (Å²) in [5, 5.41) is 9.11. The Morgan fingerprint density at radius 3 is 2.75 bits per heavy atom. The van der Waals surface area contributed by atoms with Crippen LogP contribution in [-0.2, 0) is 5.41 Å². The number of amides is 1. The van der Waals surface area contributed by atoms with Gasteiger partial charge in [-0.1, -0.05) is 28.1 Å². The maximum absolute atomic E-state index is 11.1. The van der Waals surface area contributed by atoms with Crippen molar-refractivity contribution >= 4 is 22.0 Å². The molecule has 1 amide bonds. The molecule has 1 aromatic rings. The molecule has 3 rings (SSSR count). The van der Waals surface area contributed by atoms with Crippen molar-refractivity contribution in [3.8, 4) is 0 Å². The van der Waals surface area contributed by atoms with Crippen LogP contribution in [0, 0.1) is 0 Å². The lowest BCUT2D eigenvalue weighted by Crippen LogP contribution is -2.44. The molecule has 1 aliphatic carbocycles. The first kappa shape index (κ1) is 13.9. The van der Waals surface area contributed by atoms with Gasteiger partial charge in [0.2, 0.25) is 0 Å². The third-order valence-corrected chi connectivity index (χ3v) is 5.59. The Balaban J connectivity index is 1.95. The number of rotatable bonds is 1. The van der Waals surface area contributed by atoms with Crippen LogP contribution < -0.4 is 5.73 Å². The molecule has 5 heteroatoms. The smallest absolute Gasteiger partial charge is 0.407 e. The Kier molecular flexibility index (Phi) is 3.50. The predicted octanol–water partition coefficient (Wildman–Crippen LogP) is 2.91. The third-order valence-electron chi connectivity index (χ3n) is 4.93. The van der Waals surface area contributed by atoms with E-state index in [1.54, 1.807) is 0 Å². The first-order chi connectivity index (χ1) is 9.57. The van der Waals surface area contributed by atoms with E-state index in [-0.39, 0.29) is 5.41 Å². The standard InChI is InChI=1S/C15H19BrN2O2/c16-12-3-1-2-11-10(9-17)8-15(13(11)12)4-6-18(7-5-15)14(19)20/h1-3,10H,4-9,17H2,(H,19,20). The van der Waals surface area contributed by atoms with Crippen molar-refractivity contribution < 1.29 is 9.90 Å². The Bertz CT molecular complexity index is 539. The van der Waals surface area contributed by atoms with Gasteiger partial charge in [0.25, 0.3) is 0 Å². The number of piperidine rings is 1. The predicted molar refractivity (Wildman–Crippen MR) is 81.1 cm³/mol. The van der Waals surface area contributed by atoms with Crippen molar-refractivity contribution in [1.82, 2.24) is 4.90 Å². The minimum absolute atomic E-state index is 0.103. The molecule has 1 unspecified atom stereocenters. The normalized spacial score (nSPS) is 23.9. The van der Waals surface area contributed by atoms with Crippen LogP contribution in [0.3, 0.4) is 0 Å². The molecule has 1 fully saturated rings. The third kappa shape index (κ3) is 2.04. The fourth-order valence-corrected chi connectivity index (χ4v) is 4.72. The van der Waals surface area contributed by atoms with Crippen molar-refractivity contribution in [2.45, 2.75) is 30.6 Å². The van der Waals surface area contributed by atoms with Gasteiger partial charge in [-0.2, -0.15) is 0 Å². The number of nitrogens with zero attached hydrogens (tertiary/aromatic N) is 1. The number of carbonyl (C=O) groups is 1. The maximum Gasteiger partial charge on any atom is 0.407 e. The van der Waals surface area contributed by atoms with Gasteiger partial charge >= 0.3 is 6.09 Å². The van der Waals surface area contributed by atoms with Gasteiger partial charge in [0, 0.05) is 23.0 Å². The first-order valence-electron chi connectivity index (χ1n) is 7.04. The van der Waals surface area contributed by atoms with Crippen LogP contribution in [0.1, 0.15) is 36.3 Å². The summed E-state index contributed by atoms with van der Waals surface area (Å²) in [6.45, 7) is 1.90. The number of benzene rings is 1. The zero-order valence-corrected chi connectivity index (χ0v) is 12.9. The molecule has 1 saturated heterocycles. The number of halogens is 1. The highest BCUT2D eigenvalue weighted by molar-refractivity contribution is 9.10. The van der Waals surface area contributed by atoms with Crippen LogP contribution in [0.4, 0.5) is 4.79 Å². The van der Waals surface area contributed by atoms with Crippen molar-refractivity contribution in [3.05, 3.63) is 33.8 Å². The van der Waals surface area contributed by atoms with E-state index >= 15 is 0 Å². The van der Waals surface area contributed by atoms with Crippen LogP contribution in [0.25, 0.3) is 0 Å². The van der Waals surface area contributed by atoms with Crippen LogP contribution in [0.15, 0.2) is 22.7 Å². The zero-order valence-electron chi connectivity index (χ0n) is 11.3. The highest BCUT2D eigenvalue weighted by Gasteiger charge is 2.46. The van der Waals surface area contributed by atoms with E-state index in [9.17, 15) is 4.79 Å². The van der Waals surface area contributed by atoms with E-state index in [4.69, 9.17) is 10.8 Å². The molecule has 0 bridgehead atoms. The highest BCUT2D eigenvalue weighted by atomic mass is 79.9. The summed E-state index contributed by atoms with van der Waals surface area (Å²) < 4.78 is 1.15. The average molecular weight is 339 g/mol. The Morgan fingerprint density at radius 2 is 2.15 bits per heavy atom. The number of fused-ring (bicyclic) bond motifs is 2. The van der Waals surface area contributed by atoms with Crippen LogP contribution >= 0.6 is 15.9 Å². The summed E-state index contributed by atoms with van der Waals surface area (Å²) in [5.41, 5.74) is 8.77. The van der Waals surface area contributed by atoms with Gasteiger partial charge in [-0.15, -0.1) is 0 Å². The fourth-order valence-electron chi connectivity index (χ4n) is 3.91. The number of likely N-dealkylation sites (tertiary alicyclic amines) is 1. The maximum atomic E-state index is 11.1. The van der Waals surface area contributed by atoms with Crippen molar-refractivity contribution in [3.63, 3.8) is 0 Å². The van der Waals surface area contributed by atoms with Crippen molar-refractivity contribution in [2.24, 2.45) is 5.73 Å². The molecular weight excluding hydrogens is 320 g/mol. The van der Waals surface area contributed by atoms with Gasteiger partial charge < -0.3 is 15.7 Å². The summed E-state index contributed by atoms with van der Waals surface area (Å²) in [6, 6.07) is 6.33. The van der Waals surface area contributed by atoms with E-state index in [0.29, 0.717) is 25.6 Å². The summed E-state index contributed by atoms with van der Waals surface area (Å²) in [7, 11) is 0. The fraction of sp³-hybridized carbons (Fsp3) is 0.533. The van der Waals surface area contributed by atoms with E-state index in [2.05, 4.69) is 34.1 Å². The van der Waals surface area contributed by atoms with Crippen molar-refractivity contribution in [1.29, 1.82) is 0 Å². The topological polar surface area (TPSA) is 66.6 Å². The molecule has 20 heavy (non-hydrogen) atoms. The van der Waals surface area contributed by atoms with Crippen LogP contribution in [0.5, 0.6) is 0 Å². The largest absolute Gasteiger partial charge is 0.465 e. The summed E-state index contributed by atoms with van der Waals surface area (Å²) in [5.74, 6) is 0.402. The van der Waals surface area contributed by atoms with E-state index < -0.39 is 6.09 Å². The molecular formula is C15H19BrN2O2. The summed E-state index contributed by atoms with van der Waals surface area (Å²) in [6.07, 6.45) is 2.03. The SMILES string of the molecule is NCC1CC2(CCN(C(=O)O)CC2)c2c(Br)cccc21. The lowest BCUT2D eigenvalue weighted by molar-refractivity contribution is 0.115. The molecule has 1 atom stereocenters. The second-order valence-electron chi connectivity index (χ2n) is 5.89. The monoisotopic (exact) mass is 338 g/mol. The highest BCUT2D eigenvalue weighted by Crippen LogP contribution is 2.53. The number of hydrogen-bond acceptors (Lipinski definition) is 2. The molecule has 2 aliphatic rings. The lowest BCUT2D eigenvalue weighted by atomic mass is 9.73. The molecule has 0 radical (unpaired) electrons. The summed E-state index contributed by atoms with van der Waals surface area (Å²) >= 11 is 3.69. The van der Waals surface area contributed by atoms with Gasteiger partial charge in [0.15, 0.2) is 0 Å². The van der Waals surface area contributed by atoms with Gasteiger partial charge in [0.1, 0.15) is 0 Å². The number of nitrogens with two attached hydrogens (primary N) is 1. The molecule has 1 heterocycles. The Labute approximate surface area is 127 Å². The molecule has 0 saturated carbocycles. The van der Waals surface area contributed by atoms with Crippen LogP contribution in [0.2, 0.25) is 0 Å². The quantitative estimate of drug-likeness (QED) is 0.827. The molecule has 1 spiro atoms. The molecule has 1 aromatic carbocycles. The molecule has 1 aliphatic heterocycles.